The minimum absolute atomic E-state index is 0.131. The van der Waals surface area contributed by atoms with Gasteiger partial charge in [0.05, 0.1) is 0 Å². The molecule has 2 aliphatic rings. The quantitative estimate of drug-likeness (QED) is 0.639. The third kappa shape index (κ3) is 2.18. The van der Waals surface area contributed by atoms with E-state index in [9.17, 15) is 4.79 Å². The van der Waals surface area contributed by atoms with Crippen LogP contribution in [0.25, 0.3) is 0 Å². The van der Waals surface area contributed by atoms with Crippen molar-refractivity contribution < 1.29 is 4.79 Å². The summed E-state index contributed by atoms with van der Waals surface area (Å²) in [5, 5.41) is 8.81. The lowest BCUT2D eigenvalue weighted by Crippen LogP contribution is -2.49. The van der Waals surface area contributed by atoms with E-state index in [1.807, 2.05) is 55.5 Å². The van der Waals surface area contributed by atoms with Gasteiger partial charge < -0.3 is 16.4 Å². The summed E-state index contributed by atoms with van der Waals surface area (Å²) in [5.41, 5.74) is 7.89. The second-order valence-electron chi connectivity index (χ2n) is 5.75. The summed E-state index contributed by atoms with van der Waals surface area (Å²) < 4.78 is 0. The zero-order valence-corrected chi connectivity index (χ0v) is 13.0. The van der Waals surface area contributed by atoms with Crippen molar-refractivity contribution in [3.63, 3.8) is 0 Å². The van der Waals surface area contributed by atoms with Crippen molar-refractivity contribution in [1.82, 2.24) is 5.32 Å². The number of benzene rings is 2. The number of fused-ring (bicyclic) bond motifs is 2. The van der Waals surface area contributed by atoms with Gasteiger partial charge in [-0.2, -0.15) is 0 Å². The number of nitrogens with zero attached hydrogens (tertiary/aromatic N) is 2. The minimum atomic E-state index is -1.39. The van der Waals surface area contributed by atoms with Crippen molar-refractivity contribution in [3.8, 4) is 0 Å². The number of carbonyl (C=O) groups is 1. The number of anilines is 2. The maximum atomic E-state index is 12.6. The Balaban J connectivity index is 1.76. The van der Waals surface area contributed by atoms with Crippen LogP contribution in [0.2, 0.25) is 0 Å². The van der Waals surface area contributed by atoms with Crippen molar-refractivity contribution in [3.05, 3.63) is 59.7 Å². The van der Waals surface area contributed by atoms with E-state index >= 15 is 0 Å². The number of amides is 1. The Morgan fingerprint density at radius 1 is 1.04 bits per heavy atom. The van der Waals surface area contributed by atoms with Crippen LogP contribution < -0.4 is 21.7 Å². The molecule has 0 fully saturated rings. The molecule has 0 saturated carbocycles. The molecule has 4 rings (SSSR count). The van der Waals surface area contributed by atoms with Crippen molar-refractivity contribution in [1.29, 1.82) is 0 Å². The Bertz CT molecular complexity index is 886. The second-order valence-corrected chi connectivity index (χ2v) is 5.75. The minimum Gasteiger partial charge on any atom is -0.370 e. The average molecular weight is 320 g/mol. The van der Waals surface area contributed by atoms with E-state index < -0.39 is 5.66 Å². The molecule has 0 bridgehead atoms. The maximum absolute atomic E-state index is 12.6. The maximum Gasteiger partial charge on any atom is 0.280 e. The SMILES string of the molecule is Cc1ccc(NC2=N[C@]3(N=C(N)N2)C(=O)Nc2ccccc23)cc1. The molecule has 2 heterocycles. The van der Waals surface area contributed by atoms with Crippen LogP contribution in [0.15, 0.2) is 58.5 Å². The van der Waals surface area contributed by atoms with Crippen LogP contribution in [0, 0.1) is 6.92 Å². The van der Waals surface area contributed by atoms with Gasteiger partial charge in [0.15, 0.2) is 5.96 Å². The number of guanidine groups is 2. The molecule has 5 N–H and O–H groups in total. The van der Waals surface area contributed by atoms with Crippen LogP contribution in [0.5, 0.6) is 0 Å². The number of para-hydroxylation sites is 1. The molecule has 24 heavy (non-hydrogen) atoms. The number of rotatable bonds is 1. The Hall–Kier alpha value is -3.35. The van der Waals surface area contributed by atoms with Gasteiger partial charge in [0, 0.05) is 16.9 Å². The van der Waals surface area contributed by atoms with Gasteiger partial charge in [-0.1, -0.05) is 35.9 Å². The highest BCUT2D eigenvalue weighted by Gasteiger charge is 2.49. The van der Waals surface area contributed by atoms with E-state index in [2.05, 4.69) is 25.9 Å². The molecule has 0 radical (unpaired) electrons. The van der Waals surface area contributed by atoms with E-state index in [-0.39, 0.29) is 11.9 Å². The van der Waals surface area contributed by atoms with E-state index in [0.717, 1.165) is 11.3 Å². The summed E-state index contributed by atoms with van der Waals surface area (Å²) in [6.07, 6.45) is 0. The van der Waals surface area contributed by atoms with Gasteiger partial charge in [-0.25, -0.2) is 9.98 Å². The highest BCUT2D eigenvalue weighted by Crippen LogP contribution is 2.40. The smallest absolute Gasteiger partial charge is 0.280 e. The first-order valence-electron chi connectivity index (χ1n) is 7.54. The molecule has 2 aromatic carbocycles. The summed E-state index contributed by atoms with van der Waals surface area (Å²) >= 11 is 0. The van der Waals surface area contributed by atoms with Gasteiger partial charge >= 0.3 is 0 Å². The number of aryl methyl sites for hydroxylation is 1. The average Bonchev–Trinajstić information content (AvgIpc) is 2.81. The molecule has 120 valence electrons. The molecule has 0 saturated heterocycles. The first-order chi connectivity index (χ1) is 11.6. The molecule has 2 aliphatic heterocycles. The number of aliphatic imine (C=N–C) groups is 2. The fraction of sp³-hybridized carbons (Fsp3) is 0.118. The van der Waals surface area contributed by atoms with Crippen LogP contribution in [-0.2, 0) is 10.5 Å². The fourth-order valence-corrected chi connectivity index (χ4v) is 2.82. The van der Waals surface area contributed by atoms with E-state index in [1.54, 1.807) is 0 Å². The molecule has 7 heteroatoms. The molecule has 1 atom stereocenters. The fourth-order valence-electron chi connectivity index (χ4n) is 2.82. The lowest BCUT2D eigenvalue weighted by atomic mass is 10.0. The summed E-state index contributed by atoms with van der Waals surface area (Å²) in [7, 11) is 0. The predicted molar refractivity (Wildman–Crippen MR) is 93.7 cm³/mol. The van der Waals surface area contributed by atoms with E-state index in [4.69, 9.17) is 5.73 Å². The summed E-state index contributed by atoms with van der Waals surface area (Å²) in [6.45, 7) is 2.01. The summed E-state index contributed by atoms with van der Waals surface area (Å²) in [4.78, 5) is 21.4. The van der Waals surface area contributed by atoms with Gasteiger partial charge in [-0.15, -0.1) is 0 Å². The van der Waals surface area contributed by atoms with E-state index in [1.165, 1.54) is 0 Å². The molecule has 0 aliphatic carbocycles. The third-order valence-electron chi connectivity index (χ3n) is 3.98. The first-order valence-corrected chi connectivity index (χ1v) is 7.54. The van der Waals surface area contributed by atoms with Crippen LogP contribution in [0.4, 0.5) is 11.4 Å². The van der Waals surface area contributed by atoms with Gasteiger partial charge in [0.2, 0.25) is 5.96 Å². The number of carbonyl (C=O) groups excluding carboxylic acids is 1. The first kappa shape index (κ1) is 14.3. The van der Waals surface area contributed by atoms with Gasteiger partial charge in [-0.05, 0) is 25.1 Å². The standard InChI is InChI=1S/C17H16N6O/c1-10-6-8-11(9-7-10)19-16-21-15(18)22-17(23-16)12-4-2-3-5-13(12)20-14(17)24/h2-9H,1H3,(H,20,24)(H4,18,19,21,22,23)/t17-/m0/s1. The third-order valence-corrected chi connectivity index (χ3v) is 3.98. The normalized spacial score (nSPS) is 21.5. The molecule has 2 aromatic rings. The van der Waals surface area contributed by atoms with Crippen molar-refractivity contribution in [2.45, 2.75) is 12.6 Å². The highest BCUT2D eigenvalue weighted by molar-refractivity contribution is 6.13. The molecule has 0 aromatic heterocycles. The Kier molecular flexibility index (Phi) is 3.02. The lowest BCUT2D eigenvalue weighted by Gasteiger charge is -2.26. The number of hydrogen-bond donors (Lipinski definition) is 4. The lowest BCUT2D eigenvalue weighted by molar-refractivity contribution is -0.120. The number of hydrogen-bond acceptors (Lipinski definition) is 6. The second kappa shape index (κ2) is 5.09. The van der Waals surface area contributed by atoms with Crippen LogP contribution >= 0.6 is 0 Å². The highest BCUT2D eigenvalue weighted by atomic mass is 16.2. The molecular weight excluding hydrogens is 304 g/mol. The largest absolute Gasteiger partial charge is 0.370 e. The number of nitrogens with one attached hydrogen (secondary N) is 3. The van der Waals surface area contributed by atoms with Gasteiger partial charge in [-0.3, -0.25) is 10.1 Å². The topological polar surface area (TPSA) is 104 Å². The summed E-state index contributed by atoms with van der Waals surface area (Å²) in [6, 6.07) is 15.2. The van der Waals surface area contributed by atoms with Crippen LogP contribution in [0.1, 0.15) is 11.1 Å². The van der Waals surface area contributed by atoms with E-state index in [0.29, 0.717) is 17.2 Å². The Labute approximate surface area is 138 Å². The predicted octanol–water partition coefficient (Wildman–Crippen LogP) is 1.49. The van der Waals surface area contributed by atoms with Gasteiger partial charge in [0.1, 0.15) is 0 Å². The van der Waals surface area contributed by atoms with Crippen molar-refractivity contribution in [2.75, 3.05) is 10.6 Å². The van der Waals surface area contributed by atoms with Crippen LogP contribution in [0.3, 0.4) is 0 Å². The molecule has 1 amide bonds. The summed E-state index contributed by atoms with van der Waals surface area (Å²) in [5.74, 6) is 0.182. The van der Waals surface area contributed by atoms with Crippen molar-refractivity contribution in [2.24, 2.45) is 15.7 Å². The molecule has 7 nitrogen and oxygen atoms in total. The number of nitrogens with two attached hydrogens (primary N) is 1. The molecule has 0 unspecified atom stereocenters. The van der Waals surface area contributed by atoms with Crippen molar-refractivity contribution >= 4 is 29.2 Å². The van der Waals surface area contributed by atoms with Gasteiger partial charge in [0.25, 0.3) is 11.6 Å². The Morgan fingerprint density at radius 3 is 2.58 bits per heavy atom. The Morgan fingerprint density at radius 2 is 1.79 bits per heavy atom. The molecular formula is C17H16N6O. The monoisotopic (exact) mass is 320 g/mol. The molecule has 1 spiro atoms. The zero-order chi connectivity index (χ0) is 16.7. The van der Waals surface area contributed by atoms with Crippen LogP contribution in [-0.4, -0.2) is 17.8 Å². The zero-order valence-electron chi connectivity index (χ0n) is 13.0.